The van der Waals surface area contributed by atoms with Crippen molar-refractivity contribution < 1.29 is 0 Å². The number of aromatic nitrogens is 3. The first kappa shape index (κ1) is 15.6. The lowest BCUT2D eigenvalue weighted by molar-refractivity contribution is 0.389. The van der Waals surface area contributed by atoms with Gasteiger partial charge in [0.1, 0.15) is 0 Å². The molecule has 2 aliphatic rings. The van der Waals surface area contributed by atoms with Crippen LogP contribution in [0, 0.1) is 12.8 Å². The van der Waals surface area contributed by atoms with Gasteiger partial charge in [0.25, 0.3) is 0 Å². The summed E-state index contributed by atoms with van der Waals surface area (Å²) in [4.78, 5) is 22.0. The summed E-state index contributed by atoms with van der Waals surface area (Å²) in [5.41, 5.74) is 0. The zero-order valence-corrected chi connectivity index (χ0v) is 15.3. The molecule has 2 fully saturated rings. The monoisotopic (exact) mass is 344 g/mol. The summed E-state index contributed by atoms with van der Waals surface area (Å²) in [5.74, 6) is 2.72. The minimum atomic E-state index is 0.529. The second-order valence-electron chi connectivity index (χ2n) is 6.90. The first-order valence-electron chi connectivity index (χ1n) is 8.56. The van der Waals surface area contributed by atoms with Gasteiger partial charge in [0, 0.05) is 57.2 Å². The fourth-order valence-corrected chi connectivity index (χ4v) is 4.75. The summed E-state index contributed by atoms with van der Waals surface area (Å²) in [6, 6.07) is 0.529. The number of hydrogen-bond donors (Lipinski definition) is 0. The maximum absolute atomic E-state index is 4.63. The molecule has 2 saturated heterocycles. The van der Waals surface area contributed by atoms with E-state index in [0.717, 1.165) is 37.2 Å². The first-order chi connectivity index (χ1) is 11.6. The van der Waals surface area contributed by atoms with Gasteiger partial charge in [0.05, 0.1) is 6.04 Å². The third kappa shape index (κ3) is 2.70. The van der Waals surface area contributed by atoms with E-state index in [1.54, 1.807) is 23.7 Å². The molecule has 4 rings (SSSR count). The van der Waals surface area contributed by atoms with E-state index >= 15 is 0 Å². The van der Waals surface area contributed by atoms with Crippen LogP contribution in [-0.2, 0) is 0 Å². The number of nitrogens with zero attached hydrogens (tertiary/aromatic N) is 6. The number of rotatable bonds is 3. The van der Waals surface area contributed by atoms with Crippen LogP contribution in [0.15, 0.2) is 18.6 Å². The van der Waals surface area contributed by atoms with Gasteiger partial charge in [-0.2, -0.15) is 0 Å². The van der Waals surface area contributed by atoms with Gasteiger partial charge in [-0.25, -0.2) is 15.0 Å². The van der Waals surface area contributed by atoms with Crippen molar-refractivity contribution in [2.75, 3.05) is 48.4 Å². The van der Waals surface area contributed by atoms with Gasteiger partial charge in [0.2, 0.25) is 0 Å². The van der Waals surface area contributed by atoms with Crippen molar-refractivity contribution in [2.24, 2.45) is 5.92 Å². The number of hydrogen-bond acceptors (Lipinski definition) is 7. The Balaban J connectivity index is 1.59. The predicted molar refractivity (Wildman–Crippen MR) is 99.3 cm³/mol. The smallest absolute Gasteiger partial charge is 0.185 e. The maximum Gasteiger partial charge on any atom is 0.185 e. The van der Waals surface area contributed by atoms with Gasteiger partial charge in [-0.05, 0) is 25.7 Å². The lowest BCUT2D eigenvalue weighted by atomic mass is 9.92. The van der Waals surface area contributed by atoms with E-state index in [-0.39, 0.29) is 0 Å². The lowest BCUT2D eigenvalue weighted by Gasteiger charge is -2.39. The normalized spacial score (nSPS) is 23.5. The van der Waals surface area contributed by atoms with Gasteiger partial charge < -0.3 is 14.7 Å². The Morgan fingerprint density at radius 2 is 1.92 bits per heavy atom. The summed E-state index contributed by atoms with van der Waals surface area (Å²) in [6.45, 7) is 5.32. The van der Waals surface area contributed by atoms with E-state index in [1.807, 2.05) is 25.2 Å². The van der Waals surface area contributed by atoms with E-state index in [0.29, 0.717) is 6.04 Å². The zero-order valence-electron chi connectivity index (χ0n) is 14.5. The molecule has 7 heteroatoms. The molecule has 6 nitrogen and oxygen atoms in total. The molecule has 128 valence electrons. The van der Waals surface area contributed by atoms with Crippen LogP contribution in [0.25, 0.3) is 0 Å². The van der Waals surface area contributed by atoms with Crippen molar-refractivity contribution in [3.8, 4) is 0 Å². The van der Waals surface area contributed by atoms with Crippen molar-refractivity contribution in [3.63, 3.8) is 0 Å². The molecule has 24 heavy (non-hydrogen) atoms. The number of thiazole rings is 1. The van der Waals surface area contributed by atoms with Crippen LogP contribution < -0.4 is 14.7 Å². The Morgan fingerprint density at radius 1 is 1.12 bits per heavy atom. The molecule has 0 amide bonds. The van der Waals surface area contributed by atoms with Crippen LogP contribution in [-0.4, -0.2) is 54.7 Å². The third-order valence-corrected chi connectivity index (χ3v) is 6.05. The van der Waals surface area contributed by atoms with Crippen LogP contribution >= 0.6 is 11.3 Å². The second-order valence-corrected chi connectivity index (χ2v) is 8.11. The minimum absolute atomic E-state index is 0.529. The molecule has 0 aliphatic carbocycles. The molecule has 0 radical (unpaired) electrons. The summed E-state index contributed by atoms with van der Waals surface area (Å²) >= 11 is 1.81. The van der Waals surface area contributed by atoms with Crippen LogP contribution in [0.1, 0.15) is 17.7 Å². The number of piperidine rings is 1. The van der Waals surface area contributed by atoms with Gasteiger partial charge >= 0.3 is 0 Å². The number of anilines is 3. The van der Waals surface area contributed by atoms with E-state index < -0.39 is 0 Å². The molecule has 2 unspecified atom stereocenters. The molecular formula is C17H24N6S. The van der Waals surface area contributed by atoms with E-state index in [9.17, 15) is 0 Å². The Hall–Kier alpha value is -1.89. The van der Waals surface area contributed by atoms with E-state index in [1.165, 1.54) is 22.9 Å². The van der Waals surface area contributed by atoms with Crippen molar-refractivity contribution in [2.45, 2.75) is 25.8 Å². The molecule has 0 aromatic carbocycles. The van der Waals surface area contributed by atoms with E-state index in [4.69, 9.17) is 0 Å². The fraction of sp³-hybridized carbons (Fsp3) is 0.588. The standard InChI is InChI=1S/C17H24N6S/c1-12-10-20-17(24-12)23-9-5-13-4-8-22(11-14(13)23)16-15(21(2)3)18-6-7-19-16/h6-7,10,13-14H,4-5,8-9,11H2,1-3H3. The molecule has 2 atom stereocenters. The maximum atomic E-state index is 4.63. The quantitative estimate of drug-likeness (QED) is 0.852. The topological polar surface area (TPSA) is 48.4 Å². The van der Waals surface area contributed by atoms with Crippen molar-refractivity contribution in [1.29, 1.82) is 0 Å². The second kappa shape index (κ2) is 6.20. The Morgan fingerprint density at radius 3 is 2.67 bits per heavy atom. The Labute approximate surface area is 147 Å². The predicted octanol–water partition coefficient (Wildman–Crippen LogP) is 2.41. The van der Waals surface area contributed by atoms with Gasteiger partial charge in [-0.15, -0.1) is 11.3 Å². The summed E-state index contributed by atoms with van der Waals surface area (Å²) in [5, 5.41) is 1.17. The lowest BCUT2D eigenvalue weighted by Crippen LogP contribution is -2.49. The van der Waals surface area contributed by atoms with Gasteiger partial charge in [0.15, 0.2) is 16.8 Å². The fourth-order valence-electron chi connectivity index (χ4n) is 3.91. The molecule has 2 aromatic heterocycles. The summed E-state index contributed by atoms with van der Waals surface area (Å²) < 4.78 is 0. The Kier molecular flexibility index (Phi) is 4.04. The largest absolute Gasteiger partial charge is 0.360 e. The number of aryl methyl sites for hydroxylation is 1. The van der Waals surface area contributed by atoms with Gasteiger partial charge in [-0.1, -0.05) is 0 Å². The molecule has 2 aliphatic heterocycles. The summed E-state index contributed by atoms with van der Waals surface area (Å²) in [7, 11) is 4.06. The van der Waals surface area contributed by atoms with E-state index in [2.05, 4.69) is 31.7 Å². The van der Waals surface area contributed by atoms with Crippen LogP contribution in [0.3, 0.4) is 0 Å². The zero-order chi connectivity index (χ0) is 16.7. The first-order valence-corrected chi connectivity index (χ1v) is 9.37. The minimum Gasteiger partial charge on any atom is -0.360 e. The molecule has 0 saturated carbocycles. The SMILES string of the molecule is Cc1cnc(N2CCC3CCN(c4nccnc4N(C)C)CC32)s1. The average Bonchev–Trinajstić information content (AvgIpc) is 3.20. The van der Waals surface area contributed by atoms with Crippen molar-refractivity contribution in [1.82, 2.24) is 15.0 Å². The highest BCUT2D eigenvalue weighted by atomic mass is 32.1. The average molecular weight is 344 g/mol. The van der Waals surface area contributed by atoms with Crippen molar-refractivity contribution in [3.05, 3.63) is 23.5 Å². The van der Waals surface area contributed by atoms with Crippen LogP contribution in [0.2, 0.25) is 0 Å². The van der Waals surface area contributed by atoms with Crippen LogP contribution in [0.4, 0.5) is 16.8 Å². The highest BCUT2D eigenvalue weighted by Gasteiger charge is 2.40. The van der Waals surface area contributed by atoms with Gasteiger partial charge in [-0.3, -0.25) is 0 Å². The molecule has 2 aromatic rings. The van der Waals surface area contributed by atoms with Crippen LogP contribution in [0.5, 0.6) is 0 Å². The highest BCUT2D eigenvalue weighted by Crippen LogP contribution is 2.38. The third-order valence-electron chi connectivity index (χ3n) is 5.10. The molecular weight excluding hydrogens is 320 g/mol. The summed E-state index contributed by atoms with van der Waals surface area (Å²) in [6.07, 6.45) is 8.05. The molecule has 0 N–H and O–H groups in total. The Bertz CT molecular complexity index is 715. The van der Waals surface area contributed by atoms with Crippen molar-refractivity contribution >= 4 is 28.1 Å². The molecule has 0 spiro atoms. The highest BCUT2D eigenvalue weighted by molar-refractivity contribution is 7.15. The molecule has 4 heterocycles. The number of fused-ring (bicyclic) bond motifs is 1. The molecule has 0 bridgehead atoms.